The first-order chi connectivity index (χ1) is 7.77. The Kier molecular flexibility index (Phi) is 4.18. The fraction of sp³-hybridized carbons (Fsp3) is 0.917. The molecule has 0 saturated carbocycles. The highest BCUT2D eigenvalue weighted by Crippen LogP contribution is 2.11. The zero-order chi connectivity index (χ0) is 11.4. The normalized spacial score (nSPS) is 24.7. The third kappa shape index (κ3) is 2.95. The van der Waals surface area contributed by atoms with Crippen molar-refractivity contribution in [2.45, 2.75) is 44.7 Å². The Balaban J connectivity index is 1.77. The topological polar surface area (TPSA) is 41.6 Å². The largest absolute Gasteiger partial charge is 0.381 e. The molecule has 0 aromatic rings. The van der Waals surface area contributed by atoms with Crippen LogP contribution in [0.3, 0.4) is 0 Å². The third-order valence-corrected chi connectivity index (χ3v) is 3.50. The second-order valence-corrected chi connectivity index (χ2v) is 4.81. The van der Waals surface area contributed by atoms with Gasteiger partial charge in [-0.2, -0.15) is 0 Å². The molecule has 0 radical (unpaired) electrons. The van der Waals surface area contributed by atoms with Crippen molar-refractivity contribution in [3.8, 4) is 0 Å². The van der Waals surface area contributed by atoms with Crippen molar-refractivity contribution < 1.29 is 9.53 Å². The van der Waals surface area contributed by atoms with Gasteiger partial charge in [-0.1, -0.05) is 0 Å². The van der Waals surface area contributed by atoms with Crippen molar-refractivity contribution in [3.63, 3.8) is 0 Å². The fourth-order valence-electron chi connectivity index (χ4n) is 2.50. The SMILES string of the molecule is CC(NC1CCOCC1)C(=O)N1CCCC1. The van der Waals surface area contributed by atoms with Gasteiger partial charge in [-0.25, -0.2) is 0 Å². The van der Waals surface area contributed by atoms with Crippen LogP contribution in [0.15, 0.2) is 0 Å². The molecule has 2 saturated heterocycles. The highest BCUT2D eigenvalue weighted by atomic mass is 16.5. The Morgan fingerprint density at radius 1 is 1.31 bits per heavy atom. The molecule has 0 spiro atoms. The molecule has 1 amide bonds. The molecule has 16 heavy (non-hydrogen) atoms. The predicted molar refractivity (Wildman–Crippen MR) is 62.3 cm³/mol. The number of likely N-dealkylation sites (tertiary alicyclic amines) is 1. The lowest BCUT2D eigenvalue weighted by molar-refractivity contribution is -0.132. The van der Waals surface area contributed by atoms with E-state index in [4.69, 9.17) is 4.74 Å². The van der Waals surface area contributed by atoms with E-state index in [0.29, 0.717) is 6.04 Å². The summed E-state index contributed by atoms with van der Waals surface area (Å²) in [7, 11) is 0. The lowest BCUT2D eigenvalue weighted by Gasteiger charge is -2.28. The lowest BCUT2D eigenvalue weighted by Crippen LogP contribution is -2.48. The van der Waals surface area contributed by atoms with Crippen LogP contribution >= 0.6 is 0 Å². The van der Waals surface area contributed by atoms with E-state index < -0.39 is 0 Å². The van der Waals surface area contributed by atoms with Gasteiger partial charge in [0.15, 0.2) is 0 Å². The summed E-state index contributed by atoms with van der Waals surface area (Å²) in [5, 5.41) is 3.42. The average molecular weight is 226 g/mol. The maximum Gasteiger partial charge on any atom is 0.239 e. The first kappa shape index (κ1) is 11.9. The summed E-state index contributed by atoms with van der Waals surface area (Å²) in [6.07, 6.45) is 4.38. The van der Waals surface area contributed by atoms with Gasteiger partial charge < -0.3 is 15.0 Å². The van der Waals surface area contributed by atoms with E-state index in [9.17, 15) is 4.79 Å². The van der Waals surface area contributed by atoms with Gasteiger partial charge in [-0.3, -0.25) is 4.79 Å². The average Bonchev–Trinajstić information content (AvgIpc) is 2.83. The zero-order valence-electron chi connectivity index (χ0n) is 10.1. The Morgan fingerprint density at radius 3 is 2.56 bits per heavy atom. The molecular formula is C12H22N2O2. The Morgan fingerprint density at radius 2 is 1.94 bits per heavy atom. The van der Waals surface area contributed by atoms with Crippen molar-refractivity contribution in [2.75, 3.05) is 26.3 Å². The number of ether oxygens (including phenoxy) is 1. The van der Waals surface area contributed by atoms with Crippen LogP contribution in [0.25, 0.3) is 0 Å². The van der Waals surface area contributed by atoms with E-state index in [1.165, 1.54) is 0 Å². The van der Waals surface area contributed by atoms with Gasteiger partial charge in [0.25, 0.3) is 0 Å². The van der Waals surface area contributed by atoms with E-state index >= 15 is 0 Å². The first-order valence-corrected chi connectivity index (χ1v) is 6.40. The summed E-state index contributed by atoms with van der Waals surface area (Å²) in [6, 6.07) is 0.413. The van der Waals surface area contributed by atoms with Gasteiger partial charge in [0.05, 0.1) is 6.04 Å². The number of amides is 1. The molecule has 4 heteroatoms. The van der Waals surface area contributed by atoms with E-state index in [1.807, 2.05) is 11.8 Å². The zero-order valence-corrected chi connectivity index (χ0v) is 10.1. The van der Waals surface area contributed by atoms with Crippen LogP contribution in [-0.4, -0.2) is 49.2 Å². The molecule has 2 heterocycles. The number of carbonyl (C=O) groups is 1. The van der Waals surface area contributed by atoms with E-state index in [0.717, 1.165) is 52.0 Å². The second-order valence-electron chi connectivity index (χ2n) is 4.81. The molecule has 2 aliphatic heterocycles. The Hall–Kier alpha value is -0.610. The molecule has 92 valence electrons. The Labute approximate surface area is 97.3 Å². The summed E-state index contributed by atoms with van der Waals surface area (Å²) in [5.74, 6) is 0.268. The summed E-state index contributed by atoms with van der Waals surface area (Å²) in [6.45, 7) is 5.51. The number of hydrogen-bond acceptors (Lipinski definition) is 3. The van der Waals surface area contributed by atoms with Crippen molar-refractivity contribution in [2.24, 2.45) is 0 Å². The van der Waals surface area contributed by atoms with E-state index in [-0.39, 0.29) is 11.9 Å². The smallest absolute Gasteiger partial charge is 0.239 e. The van der Waals surface area contributed by atoms with Gasteiger partial charge in [-0.05, 0) is 32.6 Å². The van der Waals surface area contributed by atoms with Gasteiger partial charge in [0.1, 0.15) is 0 Å². The molecule has 0 aromatic carbocycles. The van der Waals surface area contributed by atoms with E-state index in [1.54, 1.807) is 0 Å². The molecule has 2 aliphatic rings. The lowest BCUT2D eigenvalue weighted by atomic mass is 10.1. The van der Waals surface area contributed by atoms with Gasteiger partial charge in [0, 0.05) is 32.3 Å². The number of carbonyl (C=O) groups excluding carboxylic acids is 1. The number of hydrogen-bond donors (Lipinski definition) is 1. The minimum atomic E-state index is -0.0406. The molecule has 4 nitrogen and oxygen atoms in total. The molecule has 2 fully saturated rings. The van der Waals surface area contributed by atoms with Crippen molar-refractivity contribution in [3.05, 3.63) is 0 Å². The predicted octanol–water partition coefficient (Wildman–Crippen LogP) is 0.766. The van der Waals surface area contributed by atoms with Crippen molar-refractivity contribution in [1.29, 1.82) is 0 Å². The van der Waals surface area contributed by atoms with Crippen LogP contribution in [0.1, 0.15) is 32.6 Å². The van der Waals surface area contributed by atoms with Crippen LogP contribution in [0, 0.1) is 0 Å². The van der Waals surface area contributed by atoms with Crippen molar-refractivity contribution >= 4 is 5.91 Å². The summed E-state index contributed by atoms with van der Waals surface area (Å²) < 4.78 is 5.31. The maximum absolute atomic E-state index is 12.1. The summed E-state index contributed by atoms with van der Waals surface area (Å²) >= 11 is 0. The number of rotatable bonds is 3. The second kappa shape index (κ2) is 5.64. The molecule has 2 rings (SSSR count). The highest BCUT2D eigenvalue weighted by molar-refractivity contribution is 5.81. The fourth-order valence-corrected chi connectivity index (χ4v) is 2.50. The number of nitrogens with zero attached hydrogens (tertiary/aromatic N) is 1. The summed E-state index contributed by atoms with van der Waals surface area (Å²) in [5.41, 5.74) is 0. The molecule has 1 unspecified atom stereocenters. The minimum absolute atomic E-state index is 0.0406. The van der Waals surface area contributed by atoms with Gasteiger partial charge >= 0.3 is 0 Å². The number of nitrogens with one attached hydrogen (secondary N) is 1. The Bertz CT molecular complexity index is 233. The molecule has 0 bridgehead atoms. The standard InChI is InChI=1S/C12H22N2O2/c1-10(12(15)14-6-2-3-7-14)13-11-4-8-16-9-5-11/h10-11,13H,2-9H2,1H3. The van der Waals surface area contributed by atoms with E-state index in [2.05, 4.69) is 5.32 Å². The van der Waals surface area contributed by atoms with Crippen LogP contribution in [-0.2, 0) is 9.53 Å². The van der Waals surface area contributed by atoms with Gasteiger partial charge in [0.2, 0.25) is 5.91 Å². The monoisotopic (exact) mass is 226 g/mol. The van der Waals surface area contributed by atoms with Crippen molar-refractivity contribution in [1.82, 2.24) is 10.2 Å². The molecule has 0 aromatic heterocycles. The van der Waals surface area contributed by atoms with Crippen LogP contribution in [0.5, 0.6) is 0 Å². The molecule has 1 N–H and O–H groups in total. The highest BCUT2D eigenvalue weighted by Gasteiger charge is 2.25. The molecule has 1 atom stereocenters. The molecular weight excluding hydrogens is 204 g/mol. The summed E-state index contributed by atoms with van der Waals surface area (Å²) in [4.78, 5) is 14.0. The van der Waals surface area contributed by atoms with Crippen LogP contribution in [0.2, 0.25) is 0 Å². The first-order valence-electron chi connectivity index (χ1n) is 6.40. The van der Waals surface area contributed by atoms with Crippen LogP contribution < -0.4 is 5.32 Å². The van der Waals surface area contributed by atoms with Gasteiger partial charge in [-0.15, -0.1) is 0 Å². The van der Waals surface area contributed by atoms with Crippen LogP contribution in [0.4, 0.5) is 0 Å². The minimum Gasteiger partial charge on any atom is -0.381 e. The third-order valence-electron chi connectivity index (χ3n) is 3.50. The molecule has 0 aliphatic carbocycles. The maximum atomic E-state index is 12.1. The quantitative estimate of drug-likeness (QED) is 0.772.